The van der Waals surface area contributed by atoms with Crippen LogP contribution in [-0.4, -0.2) is 67.8 Å². The van der Waals surface area contributed by atoms with Gasteiger partial charge < -0.3 is 15.2 Å². The van der Waals surface area contributed by atoms with Gasteiger partial charge in [0.05, 0.1) is 12.4 Å². The first-order valence-electron chi connectivity index (χ1n) is 6.22. The predicted octanol–water partition coefficient (Wildman–Crippen LogP) is -0.982. The number of hydrogen-bond acceptors (Lipinski definition) is 5. The number of carboxylic acids is 1. The first kappa shape index (κ1) is 16.9. The lowest BCUT2D eigenvalue weighted by Gasteiger charge is -2.25. The summed E-state index contributed by atoms with van der Waals surface area (Å²) in [7, 11) is -1.90. The summed E-state index contributed by atoms with van der Waals surface area (Å²) in [4.78, 5) is 22.9. The first-order chi connectivity index (χ1) is 9.21. The molecule has 0 saturated carbocycles. The molecule has 1 aliphatic rings. The maximum atomic E-state index is 11.8. The van der Waals surface area contributed by atoms with Crippen LogP contribution in [0.3, 0.4) is 0 Å². The third-order valence-electron chi connectivity index (χ3n) is 3.11. The third kappa shape index (κ3) is 4.15. The van der Waals surface area contributed by atoms with Crippen LogP contribution in [0.5, 0.6) is 0 Å². The number of hydrogen-bond donors (Lipinski definition) is 2. The van der Waals surface area contributed by atoms with Crippen LogP contribution in [0.25, 0.3) is 0 Å². The molecular weight excluding hydrogens is 288 g/mol. The molecule has 2 N–H and O–H groups in total. The first-order valence-corrected chi connectivity index (χ1v) is 7.83. The number of aliphatic carboxylic acids is 1. The Kier molecular flexibility index (Phi) is 5.49. The van der Waals surface area contributed by atoms with Gasteiger partial charge in [-0.25, -0.2) is 17.5 Å². The Bertz CT molecular complexity index is 477. The van der Waals surface area contributed by atoms with Gasteiger partial charge in [0.25, 0.3) is 0 Å². The van der Waals surface area contributed by atoms with E-state index in [0.29, 0.717) is 13.0 Å². The third-order valence-corrected chi connectivity index (χ3v) is 5.07. The van der Waals surface area contributed by atoms with Crippen LogP contribution in [0, 0.1) is 0 Å². The second kappa shape index (κ2) is 6.51. The van der Waals surface area contributed by atoms with Gasteiger partial charge in [0, 0.05) is 26.6 Å². The van der Waals surface area contributed by atoms with E-state index in [9.17, 15) is 18.0 Å². The number of nitrogens with zero attached hydrogens (tertiary/aromatic N) is 1. The largest absolute Gasteiger partial charge is 0.479 e. The van der Waals surface area contributed by atoms with Gasteiger partial charge in [-0.05, 0) is 13.3 Å². The highest BCUT2D eigenvalue weighted by Crippen LogP contribution is 2.13. The molecule has 0 aromatic carbocycles. The van der Waals surface area contributed by atoms with E-state index >= 15 is 0 Å². The molecule has 0 spiro atoms. The van der Waals surface area contributed by atoms with E-state index in [4.69, 9.17) is 9.84 Å². The van der Waals surface area contributed by atoms with Crippen molar-refractivity contribution in [2.75, 3.05) is 32.6 Å². The maximum absolute atomic E-state index is 11.8. The zero-order valence-corrected chi connectivity index (χ0v) is 12.4. The zero-order valence-electron chi connectivity index (χ0n) is 11.6. The quantitative estimate of drug-likeness (QED) is 0.625. The SMILES string of the molecule is COCC(C)(NC(=O)CCN1CCCS1(=O)=O)C(=O)O. The fourth-order valence-electron chi connectivity index (χ4n) is 1.98. The topological polar surface area (TPSA) is 113 Å². The molecule has 0 aromatic heterocycles. The summed E-state index contributed by atoms with van der Waals surface area (Å²) in [5.74, 6) is -1.62. The lowest BCUT2D eigenvalue weighted by molar-refractivity contribution is -0.149. The molecule has 0 radical (unpaired) electrons. The van der Waals surface area contributed by atoms with Crippen LogP contribution < -0.4 is 5.32 Å². The second-order valence-electron chi connectivity index (χ2n) is 4.94. The summed E-state index contributed by atoms with van der Waals surface area (Å²) < 4.78 is 29.1. The number of carbonyl (C=O) groups is 2. The summed E-state index contributed by atoms with van der Waals surface area (Å²) >= 11 is 0. The smallest absolute Gasteiger partial charge is 0.331 e. The summed E-state index contributed by atoms with van der Waals surface area (Å²) in [5, 5.41) is 11.4. The number of methoxy groups -OCH3 is 1. The van der Waals surface area contributed by atoms with Crippen LogP contribution in [0.1, 0.15) is 19.8 Å². The van der Waals surface area contributed by atoms with Gasteiger partial charge in [-0.15, -0.1) is 0 Å². The Balaban J connectivity index is 2.53. The maximum Gasteiger partial charge on any atom is 0.331 e. The standard InChI is InChI=1S/C11H20N2O6S/c1-11(8-19-2,10(15)16)12-9(14)4-6-13-5-3-7-20(13,17)18/h3-8H2,1-2H3,(H,12,14)(H,15,16). The molecule has 1 fully saturated rings. The number of carbonyl (C=O) groups excluding carboxylic acids is 1. The molecule has 1 aliphatic heterocycles. The lowest BCUT2D eigenvalue weighted by atomic mass is 10.0. The minimum atomic E-state index is -3.24. The van der Waals surface area contributed by atoms with Crippen molar-refractivity contribution >= 4 is 21.9 Å². The van der Waals surface area contributed by atoms with Crippen molar-refractivity contribution < 1.29 is 27.9 Å². The average molecular weight is 308 g/mol. The molecule has 0 aliphatic carbocycles. The molecule has 1 atom stereocenters. The van der Waals surface area contributed by atoms with Gasteiger partial charge in [0.2, 0.25) is 15.9 Å². The van der Waals surface area contributed by atoms with Crippen molar-refractivity contribution in [1.82, 2.24) is 9.62 Å². The second-order valence-corrected chi connectivity index (χ2v) is 7.03. The van der Waals surface area contributed by atoms with Crippen molar-refractivity contribution in [1.29, 1.82) is 0 Å². The molecule has 1 heterocycles. The normalized spacial score (nSPS) is 21.3. The van der Waals surface area contributed by atoms with E-state index in [0.717, 1.165) is 0 Å². The van der Waals surface area contributed by atoms with E-state index in [2.05, 4.69) is 5.32 Å². The van der Waals surface area contributed by atoms with Gasteiger partial charge in [0.1, 0.15) is 0 Å². The molecule has 0 aromatic rings. The Hall–Kier alpha value is -1.19. The number of rotatable bonds is 7. The van der Waals surface area contributed by atoms with Gasteiger partial charge in [-0.2, -0.15) is 0 Å². The lowest BCUT2D eigenvalue weighted by Crippen LogP contribution is -2.55. The molecule has 116 valence electrons. The Morgan fingerprint density at radius 1 is 1.45 bits per heavy atom. The van der Waals surface area contributed by atoms with Gasteiger partial charge in [-0.3, -0.25) is 4.79 Å². The summed E-state index contributed by atoms with van der Waals surface area (Å²) in [6.45, 7) is 1.64. The van der Waals surface area contributed by atoms with Crippen LogP contribution in [-0.2, 0) is 24.3 Å². The number of ether oxygens (including phenoxy) is 1. The van der Waals surface area contributed by atoms with E-state index in [1.54, 1.807) is 0 Å². The highest BCUT2D eigenvalue weighted by atomic mass is 32.2. The summed E-state index contributed by atoms with van der Waals surface area (Å²) in [6, 6.07) is 0. The molecule has 1 rings (SSSR count). The highest BCUT2D eigenvalue weighted by molar-refractivity contribution is 7.89. The van der Waals surface area contributed by atoms with E-state index in [1.807, 2.05) is 0 Å². The molecule has 20 heavy (non-hydrogen) atoms. The highest BCUT2D eigenvalue weighted by Gasteiger charge is 2.35. The molecule has 0 bridgehead atoms. The minimum Gasteiger partial charge on any atom is -0.479 e. The minimum absolute atomic E-state index is 0.0663. The monoisotopic (exact) mass is 308 g/mol. The number of carboxylic acid groups (broad SMARTS) is 1. The number of amides is 1. The van der Waals surface area contributed by atoms with Gasteiger partial charge in [-0.1, -0.05) is 0 Å². The fourth-order valence-corrected chi connectivity index (χ4v) is 3.51. The summed E-state index contributed by atoms with van der Waals surface area (Å²) in [6.07, 6.45) is 0.478. The zero-order chi connectivity index (χ0) is 15.4. The van der Waals surface area contributed by atoms with Crippen LogP contribution in [0.2, 0.25) is 0 Å². The Morgan fingerprint density at radius 3 is 2.55 bits per heavy atom. The fraction of sp³-hybridized carbons (Fsp3) is 0.818. The summed E-state index contributed by atoms with van der Waals surface area (Å²) in [5.41, 5.74) is -1.52. The molecular formula is C11H20N2O6S. The number of sulfonamides is 1. The van der Waals surface area contributed by atoms with E-state index in [-0.39, 0.29) is 25.3 Å². The van der Waals surface area contributed by atoms with E-state index < -0.39 is 27.4 Å². The molecule has 1 saturated heterocycles. The van der Waals surface area contributed by atoms with Crippen molar-refractivity contribution in [2.24, 2.45) is 0 Å². The van der Waals surface area contributed by atoms with Crippen LogP contribution >= 0.6 is 0 Å². The van der Waals surface area contributed by atoms with Crippen molar-refractivity contribution in [2.45, 2.75) is 25.3 Å². The molecule has 8 nitrogen and oxygen atoms in total. The van der Waals surface area contributed by atoms with Crippen LogP contribution in [0.15, 0.2) is 0 Å². The number of nitrogens with one attached hydrogen (secondary N) is 1. The van der Waals surface area contributed by atoms with Gasteiger partial charge >= 0.3 is 5.97 Å². The van der Waals surface area contributed by atoms with Crippen molar-refractivity contribution in [3.05, 3.63) is 0 Å². The van der Waals surface area contributed by atoms with Gasteiger partial charge in [0.15, 0.2) is 5.54 Å². The molecule has 9 heteroatoms. The Labute approximate surface area is 118 Å². The van der Waals surface area contributed by atoms with E-state index in [1.165, 1.54) is 18.3 Å². The van der Waals surface area contributed by atoms with Crippen molar-refractivity contribution in [3.63, 3.8) is 0 Å². The van der Waals surface area contributed by atoms with Crippen molar-refractivity contribution in [3.8, 4) is 0 Å². The Morgan fingerprint density at radius 2 is 2.10 bits per heavy atom. The average Bonchev–Trinajstić information content (AvgIpc) is 2.65. The predicted molar refractivity (Wildman–Crippen MR) is 70.7 cm³/mol. The molecule has 1 amide bonds. The molecule has 1 unspecified atom stereocenters. The van der Waals surface area contributed by atoms with Crippen LogP contribution in [0.4, 0.5) is 0 Å².